The molecule has 0 aliphatic heterocycles. The smallest absolute Gasteiger partial charge is 0.141 e. The molecule has 0 fully saturated rings. The Morgan fingerprint density at radius 2 is 2.10 bits per heavy atom. The van der Waals surface area contributed by atoms with Gasteiger partial charge >= 0.3 is 0 Å². The lowest BCUT2D eigenvalue weighted by Crippen LogP contribution is -2.24. The first-order valence-corrected chi connectivity index (χ1v) is 6.99. The van der Waals surface area contributed by atoms with E-state index in [1.165, 1.54) is 12.3 Å². The fourth-order valence-corrected chi connectivity index (χ4v) is 2.32. The van der Waals surface area contributed by atoms with E-state index >= 15 is 0 Å². The summed E-state index contributed by atoms with van der Waals surface area (Å²) in [6.45, 7) is 4.95. The summed E-state index contributed by atoms with van der Waals surface area (Å²) in [5.41, 5.74) is 3.08. The van der Waals surface area contributed by atoms with Crippen LogP contribution in [0.5, 0.6) is 0 Å². The van der Waals surface area contributed by atoms with Crippen LogP contribution in [0.25, 0.3) is 0 Å². The van der Waals surface area contributed by atoms with Crippen molar-refractivity contribution >= 4 is 0 Å². The number of pyridine rings is 1. The third-order valence-electron chi connectivity index (χ3n) is 3.38. The van der Waals surface area contributed by atoms with E-state index in [-0.39, 0.29) is 11.9 Å². The molecular formula is C15H21FN4. The Kier molecular flexibility index (Phi) is 4.84. The molecule has 0 bridgehead atoms. The van der Waals surface area contributed by atoms with Crippen LogP contribution in [0.1, 0.15) is 36.8 Å². The Bertz CT molecular complexity index is 565. The molecule has 0 radical (unpaired) electrons. The number of aryl methyl sites for hydroxylation is 2. The van der Waals surface area contributed by atoms with Gasteiger partial charge in [-0.3, -0.25) is 9.67 Å². The second-order valence-corrected chi connectivity index (χ2v) is 4.86. The first kappa shape index (κ1) is 14.7. The number of hydrogen-bond donors (Lipinski definition) is 1. The summed E-state index contributed by atoms with van der Waals surface area (Å²) >= 11 is 0. The van der Waals surface area contributed by atoms with Crippen molar-refractivity contribution in [1.82, 2.24) is 20.1 Å². The molecule has 0 amide bonds. The first-order chi connectivity index (χ1) is 9.63. The van der Waals surface area contributed by atoms with E-state index in [2.05, 4.69) is 28.4 Å². The zero-order chi connectivity index (χ0) is 14.5. The first-order valence-electron chi connectivity index (χ1n) is 6.99. The molecule has 5 heteroatoms. The second kappa shape index (κ2) is 6.61. The van der Waals surface area contributed by atoms with Gasteiger partial charge in [0, 0.05) is 31.4 Å². The minimum atomic E-state index is -0.301. The van der Waals surface area contributed by atoms with Gasteiger partial charge in [0.2, 0.25) is 0 Å². The van der Waals surface area contributed by atoms with Crippen LogP contribution < -0.4 is 5.32 Å². The maximum Gasteiger partial charge on any atom is 0.141 e. The van der Waals surface area contributed by atoms with E-state index in [9.17, 15) is 4.39 Å². The number of nitrogens with zero attached hydrogens (tertiary/aromatic N) is 3. The highest BCUT2D eigenvalue weighted by Crippen LogP contribution is 2.19. The van der Waals surface area contributed by atoms with E-state index < -0.39 is 0 Å². The van der Waals surface area contributed by atoms with Gasteiger partial charge in [-0.15, -0.1) is 0 Å². The van der Waals surface area contributed by atoms with Crippen molar-refractivity contribution in [3.63, 3.8) is 0 Å². The SMILES string of the molecule is CCNC(Cc1cc(CC)nn1C)c1cncc(F)c1. The number of hydrogen-bond acceptors (Lipinski definition) is 3. The number of nitrogens with one attached hydrogen (secondary N) is 1. The Morgan fingerprint density at radius 3 is 2.70 bits per heavy atom. The molecular weight excluding hydrogens is 255 g/mol. The molecule has 2 aromatic rings. The molecule has 0 spiro atoms. The van der Waals surface area contributed by atoms with Crippen LogP contribution in [0, 0.1) is 5.82 Å². The van der Waals surface area contributed by atoms with Gasteiger partial charge in [0.25, 0.3) is 0 Å². The van der Waals surface area contributed by atoms with Gasteiger partial charge in [0.1, 0.15) is 5.82 Å². The third-order valence-corrected chi connectivity index (χ3v) is 3.38. The lowest BCUT2D eigenvalue weighted by atomic mass is 10.0. The highest BCUT2D eigenvalue weighted by Gasteiger charge is 2.15. The predicted molar refractivity (Wildman–Crippen MR) is 76.9 cm³/mol. The zero-order valence-corrected chi connectivity index (χ0v) is 12.2. The molecule has 0 aromatic carbocycles. The van der Waals surface area contributed by atoms with Crippen LogP contribution in [0.2, 0.25) is 0 Å². The van der Waals surface area contributed by atoms with Crippen molar-refractivity contribution in [2.24, 2.45) is 7.05 Å². The summed E-state index contributed by atoms with van der Waals surface area (Å²) in [6, 6.07) is 3.69. The molecule has 0 saturated heterocycles. The van der Waals surface area contributed by atoms with Crippen molar-refractivity contribution < 1.29 is 4.39 Å². The van der Waals surface area contributed by atoms with Crippen LogP contribution >= 0.6 is 0 Å². The fraction of sp³-hybridized carbons (Fsp3) is 0.467. The minimum Gasteiger partial charge on any atom is -0.310 e. The van der Waals surface area contributed by atoms with Gasteiger partial charge in [-0.25, -0.2) is 4.39 Å². The van der Waals surface area contributed by atoms with E-state index in [4.69, 9.17) is 0 Å². The molecule has 2 aromatic heterocycles. The van der Waals surface area contributed by atoms with E-state index in [1.54, 1.807) is 6.20 Å². The summed E-state index contributed by atoms with van der Waals surface area (Å²) < 4.78 is 15.2. The molecule has 2 heterocycles. The number of aromatic nitrogens is 3. The summed E-state index contributed by atoms with van der Waals surface area (Å²) in [4.78, 5) is 3.94. The molecule has 0 saturated carbocycles. The van der Waals surface area contributed by atoms with Gasteiger partial charge < -0.3 is 5.32 Å². The van der Waals surface area contributed by atoms with Gasteiger partial charge in [-0.05, 0) is 30.7 Å². The molecule has 0 aliphatic rings. The summed E-state index contributed by atoms with van der Waals surface area (Å²) in [6.07, 6.45) is 4.63. The molecule has 2 rings (SSSR count). The molecule has 1 unspecified atom stereocenters. The van der Waals surface area contributed by atoms with E-state index in [0.29, 0.717) is 0 Å². The average molecular weight is 276 g/mol. The molecule has 1 N–H and O–H groups in total. The monoisotopic (exact) mass is 276 g/mol. The lowest BCUT2D eigenvalue weighted by Gasteiger charge is -2.18. The summed E-state index contributed by atoms with van der Waals surface area (Å²) in [5, 5.41) is 7.83. The van der Waals surface area contributed by atoms with Gasteiger partial charge in [0.05, 0.1) is 11.9 Å². The second-order valence-electron chi connectivity index (χ2n) is 4.86. The topological polar surface area (TPSA) is 42.7 Å². The van der Waals surface area contributed by atoms with Crippen molar-refractivity contribution in [1.29, 1.82) is 0 Å². The summed E-state index contributed by atoms with van der Waals surface area (Å²) in [7, 11) is 1.95. The number of halogens is 1. The van der Waals surface area contributed by atoms with E-state index in [1.807, 2.05) is 18.7 Å². The van der Waals surface area contributed by atoms with Crippen LogP contribution in [0.4, 0.5) is 4.39 Å². The minimum absolute atomic E-state index is 0.0447. The standard InChI is InChI=1S/C15H21FN4/c1-4-13-7-14(20(3)19-13)8-15(18-5-2)11-6-12(16)10-17-9-11/h6-7,9-10,15,18H,4-5,8H2,1-3H3. The quantitative estimate of drug-likeness (QED) is 0.881. The molecule has 0 aliphatic carbocycles. The van der Waals surface area contributed by atoms with Gasteiger partial charge in [0.15, 0.2) is 0 Å². The lowest BCUT2D eigenvalue weighted by molar-refractivity contribution is 0.521. The Hall–Kier alpha value is -1.75. The van der Waals surface area contributed by atoms with Crippen molar-refractivity contribution in [2.45, 2.75) is 32.7 Å². The fourth-order valence-electron chi connectivity index (χ4n) is 2.32. The zero-order valence-electron chi connectivity index (χ0n) is 12.2. The van der Waals surface area contributed by atoms with E-state index in [0.717, 1.165) is 36.3 Å². The summed E-state index contributed by atoms with van der Waals surface area (Å²) in [5.74, 6) is -0.301. The molecule has 1 atom stereocenters. The van der Waals surface area contributed by atoms with Crippen molar-refractivity contribution in [2.75, 3.05) is 6.54 Å². The largest absolute Gasteiger partial charge is 0.310 e. The van der Waals surface area contributed by atoms with Gasteiger partial charge in [-0.2, -0.15) is 5.10 Å². The number of rotatable bonds is 6. The van der Waals surface area contributed by atoms with Crippen LogP contribution in [-0.2, 0) is 19.9 Å². The maximum atomic E-state index is 13.3. The Balaban J connectivity index is 2.22. The van der Waals surface area contributed by atoms with Crippen molar-refractivity contribution in [3.05, 3.63) is 47.3 Å². The van der Waals surface area contributed by atoms with Crippen LogP contribution in [-0.4, -0.2) is 21.3 Å². The van der Waals surface area contributed by atoms with Crippen LogP contribution in [0.15, 0.2) is 24.5 Å². The highest BCUT2D eigenvalue weighted by atomic mass is 19.1. The normalized spacial score (nSPS) is 12.6. The predicted octanol–water partition coefficient (Wildman–Crippen LogP) is 2.41. The Labute approximate surface area is 119 Å². The third kappa shape index (κ3) is 3.42. The highest BCUT2D eigenvalue weighted by molar-refractivity contribution is 5.19. The number of likely N-dealkylation sites (N-methyl/N-ethyl adjacent to an activating group) is 1. The molecule has 4 nitrogen and oxygen atoms in total. The van der Waals surface area contributed by atoms with Crippen molar-refractivity contribution in [3.8, 4) is 0 Å². The van der Waals surface area contributed by atoms with Gasteiger partial charge in [-0.1, -0.05) is 13.8 Å². The Morgan fingerprint density at radius 1 is 1.30 bits per heavy atom. The average Bonchev–Trinajstić information content (AvgIpc) is 2.79. The van der Waals surface area contributed by atoms with Crippen LogP contribution in [0.3, 0.4) is 0 Å². The maximum absolute atomic E-state index is 13.3. The molecule has 108 valence electrons. The molecule has 20 heavy (non-hydrogen) atoms.